The normalized spacial score (nSPS) is 13.0. The van der Waals surface area contributed by atoms with Crippen molar-refractivity contribution in [3.63, 3.8) is 0 Å². The highest BCUT2D eigenvalue weighted by Gasteiger charge is 2.47. The van der Waals surface area contributed by atoms with Crippen molar-refractivity contribution in [1.29, 1.82) is 0 Å². The summed E-state index contributed by atoms with van der Waals surface area (Å²) >= 11 is 0. The molecule has 5 heteroatoms. The third-order valence-corrected chi connectivity index (χ3v) is 8.92. The van der Waals surface area contributed by atoms with Crippen molar-refractivity contribution in [1.82, 2.24) is 4.57 Å². The molecule has 2 heterocycles. The summed E-state index contributed by atoms with van der Waals surface area (Å²) in [4.78, 5) is 0. The summed E-state index contributed by atoms with van der Waals surface area (Å²) in [5, 5.41) is 4.56. The van der Waals surface area contributed by atoms with Crippen LogP contribution in [0.3, 0.4) is 0 Å². The molecule has 6 rings (SSSR count). The number of hydrogen-bond acceptors (Lipinski definition) is 0. The molecule has 0 aliphatic carbocycles. The van der Waals surface area contributed by atoms with Gasteiger partial charge in [0.05, 0.1) is 16.5 Å². The summed E-state index contributed by atoms with van der Waals surface area (Å²) in [5.41, 5.74) is 6.35. The molecule has 2 nitrogen and oxygen atoms in total. The Morgan fingerprint density at radius 1 is 0.721 bits per heavy atom. The Morgan fingerprint density at radius 2 is 1.37 bits per heavy atom. The van der Waals surface area contributed by atoms with Gasteiger partial charge in [-0.05, 0) is 70.5 Å². The predicted octanol–water partition coefficient (Wildman–Crippen LogP) is 10.2. The van der Waals surface area contributed by atoms with Crippen LogP contribution < -0.4 is 4.57 Å². The van der Waals surface area contributed by atoms with Gasteiger partial charge in [-0.2, -0.15) is 17.7 Å². The van der Waals surface area contributed by atoms with E-state index in [-0.39, 0.29) is 11.8 Å². The maximum Gasteiger partial charge on any atom is 0.394 e. The lowest BCUT2D eigenvalue weighted by Gasteiger charge is -2.27. The van der Waals surface area contributed by atoms with Gasteiger partial charge in [-0.3, -0.25) is 0 Å². The van der Waals surface area contributed by atoms with Crippen LogP contribution in [-0.2, 0) is 18.9 Å². The van der Waals surface area contributed by atoms with Crippen molar-refractivity contribution in [3.8, 4) is 16.9 Å². The molecule has 0 fully saturated rings. The first kappa shape index (κ1) is 29.0. The zero-order valence-corrected chi connectivity index (χ0v) is 25.9. The van der Waals surface area contributed by atoms with Crippen LogP contribution in [0.4, 0.5) is 13.2 Å². The number of fused-ring (bicyclic) bond motifs is 4. The molecular weight excluding hydrogens is 541 g/mol. The monoisotopic (exact) mass is 579 g/mol. The van der Waals surface area contributed by atoms with Gasteiger partial charge in [0.1, 0.15) is 12.6 Å². The smallest absolute Gasteiger partial charge is 0.303 e. The lowest BCUT2D eigenvalue weighted by Crippen LogP contribution is -2.34. The predicted molar refractivity (Wildman–Crippen MR) is 172 cm³/mol. The standard InChI is InChI=1S/C38H38F3N2/c1-24-27-15-11-12-16-28(27)32(36(2,3)4)22-31(24)34-35-30(19-20-42(34)7)29-18-17-25(23-37(5,6)38(39,40)41)21-33(29)43(35)26-13-9-8-10-14-26/h8-22H,23H2,1-7H3/q+1. The minimum Gasteiger partial charge on any atom is -0.303 e. The molecule has 2 aromatic heterocycles. The molecule has 0 atom stereocenters. The van der Waals surface area contributed by atoms with Crippen molar-refractivity contribution in [2.24, 2.45) is 12.5 Å². The molecule has 43 heavy (non-hydrogen) atoms. The van der Waals surface area contributed by atoms with Gasteiger partial charge in [0, 0.05) is 22.5 Å². The molecule has 6 aromatic rings. The van der Waals surface area contributed by atoms with Crippen molar-refractivity contribution >= 4 is 32.6 Å². The average Bonchev–Trinajstić information content (AvgIpc) is 3.26. The van der Waals surface area contributed by atoms with Crippen molar-refractivity contribution in [2.45, 2.75) is 59.6 Å². The second kappa shape index (κ2) is 9.97. The molecule has 0 radical (unpaired) electrons. The van der Waals surface area contributed by atoms with Gasteiger partial charge in [-0.1, -0.05) is 89.2 Å². The highest BCUT2D eigenvalue weighted by atomic mass is 19.4. The van der Waals surface area contributed by atoms with Crippen LogP contribution in [0.15, 0.2) is 91.1 Å². The Labute approximate surface area is 251 Å². The van der Waals surface area contributed by atoms with Gasteiger partial charge in [0.25, 0.3) is 0 Å². The van der Waals surface area contributed by atoms with Gasteiger partial charge in [0.15, 0.2) is 6.20 Å². The zero-order valence-electron chi connectivity index (χ0n) is 25.9. The number of aryl methyl sites for hydroxylation is 2. The molecule has 0 aliphatic rings. The fraction of sp³-hybridized carbons (Fsp3) is 0.289. The summed E-state index contributed by atoms with van der Waals surface area (Å²) in [7, 11) is 2.07. The number of hydrogen-bond donors (Lipinski definition) is 0. The van der Waals surface area contributed by atoms with Crippen LogP contribution in [-0.4, -0.2) is 10.7 Å². The van der Waals surface area contributed by atoms with Crippen molar-refractivity contribution in [3.05, 3.63) is 108 Å². The molecule has 0 saturated carbocycles. The summed E-state index contributed by atoms with van der Waals surface area (Å²) < 4.78 is 46.1. The maximum atomic E-state index is 13.9. The topological polar surface area (TPSA) is 8.81 Å². The van der Waals surface area contributed by atoms with E-state index in [1.807, 2.05) is 36.4 Å². The Bertz CT molecular complexity index is 2010. The van der Waals surface area contributed by atoms with Crippen LogP contribution in [0.25, 0.3) is 49.5 Å². The first-order chi connectivity index (χ1) is 20.2. The summed E-state index contributed by atoms with van der Waals surface area (Å²) in [6.07, 6.45) is -2.30. The maximum absolute atomic E-state index is 13.9. The third kappa shape index (κ3) is 4.79. The molecular formula is C38H38F3N2+. The van der Waals surface area contributed by atoms with Gasteiger partial charge >= 0.3 is 6.18 Å². The number of para-hydroxylation sites is 1. The van der Waals surface area contributed by atoms with E-state index >= 15 is 0 Å². The Kier molecular flexibility index (Phi) is 6.72. The van der Waals surface area contributed by atoms with E-state index in [2.05, 4.69) is 98.6 Å². The van der Waals surface area contributed by atoms with Gasteiger partial charge in [-0.25, -0.2) is 0 Å². The van der Waals surface area contributed by atoms with Crippen molar-refractivity contribution in [2.75, 3.05) is 0 Å². The molecule has 0 saturated heterocycles. The van der Waals surface area contributed by atoms with E-state index in [0.29, 0.717) is 5.56 Å². The lowest BCUT2D eigenvalue weighted by molar-refractivity contribution is -0.659. The second-order valence-corrected chi connectivity index (χ2v) is 13.5. The van der Waals surface area contributed by atoms with Crippen LogP contribution >= 0.6 is 0 Å². The number of benzene rings is 4. The third-order valence-electron chi connectivity index (χ3n) is 8.92. The first-order valence-corrected chi connectivity index (χ1v) is 14.8. The quantitative estimate of drug-likeness (QED) is 0.184. The van der Waals surface area contributed by atoms with E-state index in [9.17, 15) is 13.2 Å². The van der Waals surface area contributed by atoms with E-state index in [1.165, 1.54) is 35.7 Å². The molecule has 0 bridgehead atoms. The van der Waals surface area contributed by atoms with Crippen LogP contribution in [0.2, 0.25) is 0 Å². The Morgan fingerprint density at radius 3 is 2.02 bits per heavy atom. The fourth-order valence-electron chi connectivity index (χ4n) is 6.46. The number of alkyl halides is 3. The SMILES string of the molecule is Cc1c(-c2c3c(cc[n+]2C)c2ccc(CC(C)(C)C(F)(F)F)cc2n3-c2ccccc2)cc(C(C)(C)C)c2ccccc12. The van der Waals surface area contributed by atoms with Crippen LogP contribution in [0, 0.1) is 12.3 Å². The molecule has 4 aromatic carbocycles. The Hall–Kier alpha value is -4.12. The minimum atomic E-state index is -4.30. The summed E-state index contributed by atoms with van der Waals surface area (Å²) in [5.74, 6) is 0. The highest BCUT2D eigenvalue weighted by molar-refractivity contribution is 6.13. The molecule has 0 aliphatic heterocycles. The first-order valence-electron chi connectivity index (χ1n) is 14.8. The van der Waals surface area contributed by atoms with Crippen LogP contribution in [0.1, 0.15) is 51.3 Å². The number of aromatic nitrogens is 2. The van der Waals surface area contributed by atoms with E-state index < -0.39 is 11.6 Å². The number of nitrogens with zero attached hydrogens (tertiary/aromatic N) is 2. The Balaban J connectivity index is 1.74. The molecule has 0 N–H and O–H groups in total. The second-order valence-electron chi connectivity index (χ2n) is 13.5. The minimum absolute atomic E-state index is 0.0825. The molecule has 220 valence electrons. The van der Waals surface area contributed by atoms with E-state index in [0.717, 1.165) is 38.8 Å². The van der Waals surface area contributed by atoms with E-state index in [1.54, 1.807) is 0 Å². The number of halogens is 3. The molecule has 0 spiro atoms. The lowest BCUT2D eigenvalue weighted by atomic mass is 9.80. The van der Waals surface area contributed by atoms with Gasteiger partial charge in [0.2, 0.25) is 5.69 Å². The summed E-state index contributed by atoms with van der Waals surface area (Å²) in [6.45, 7) is 11.5. The molecule has 0 unspecified atom stereocenters. The summed E-state index contributed by atoms with van der Waals surface area (Å²) in [6, 6.07) is 29.0. The molecule has 0 amide bonds. The largest absolute Gasteiger partial charge is 0.394 e. The fourth-order valence-corrected chi connectivity index (χ4v) is 6.46. The van der Waals surface area contributed by atoms with Gasteiger partial charge < -0.3 is 4.57 Å². The van der Waals surface area contributed by atoms with Crippen molar-refractivity contribution < 1.29 is 17.7 Å². The van der Waals surface area contributed by atoms with Crippen LogP contribution in [0.5, 0.6) is 0 Å². The highest BCUT2D eigenvalue weighted by Crippen LogP contribution is 2.43. The average molecular weight is 580 g/mol. The van der Waals surface area contributed by atoms with Gasteiger partial charge in [-0.15, -0.1) is 0 Å². The number of rotatable bonds is 4. The van der Waals surface area contributed by atoms with E-state index in [4.69, 9.17) is 0 Å². The number of pyridine rings is 1. The zero-order chi connectivity index (χ0) is 30.9.